The molecule has 2 aromatic rings. The Balaban J connectivity index is 2.18. The Morgan fingerprint density at radius 3 is 2.35 bits per heavy atom. The Morgan fingerprint density at radius 1 is 1.00 bits per heavy atom. The average Bonchev–Trinajstić information content (AvgIpc) is 2.87. The number of fused-ring (bicyclic) bond motifs is 1. The highest BCUT2D eigenvalue weighted by Gasteiger charge is 2.16. The molecule has 0 fully saturated rings. The van der Waals surface area contributed by atoms with Crippen LogP contribution in [-0.4, -0.2) is 0 Å². The minimum Gasteiger partial charge on any atom is -0.0655 e. The van der Waals surface area contributed by atoms with E-state index in [4.69, 9.17) is 0 Å². The lowest BCUT2D eigenvalue weighted by molar-refractivity contribution is 1.04. The van der Waals surface area contributed by atoms with Gasteiger partial charge < -0.3 is 0 Å². The maximum absolute atomic E-state index is 2.40. The molecule has 0 saturated carbocycles. The third-order valence-corrected chi connectivity index (χ3v) is 4.65. The molecule has 0 N–H and O–H groups in total. The van der Waals surface area contributed by atoms with Gasteiger partial charge in [0.2, 0.25) is 0 Å². The molecule has 0 aliphatic heterocycles. The van der Waals surface area contributed by atoms with E-state index in [-0.39, 0.29) is 0 Å². The first-order chi connectivity index (χ1) is 9.60. The summed E-state index contributed by atoms with van der Waals surface area (Å²) in [6.45, 7) is 8.88. The van der Waals surface area contributed by atoms with Crippen LogP contribution in [-0.2, 0) is 6.42 Å². The standard InChI is InChI=1S/C20H22/c1-5-16-11-17-7-6-8-19(20(17)12-16)18-9-13(2)15(4)14(3)10-18/h6-10,12H,5,11H2,1-4H3. The van der Waals surface area contributed by atoms with Gasteiger partial charge in [-0.15, -0.1) is 0 Å². The molecule has 1 aliphatic rings. The van der Waals surface area contributed by atoms with E-state index in [0.717, 1.165) is 12.8 Å². The molecular weight excluding hydrogens is 240 g/mol. The van der Waals surface area contributed by atoms with Crippen LogP contribution in [0.25, 0.3) is 17.2 Å². The fourth-order valence-corrected chi connectivity index (χ4v) is 3.11. The number of rotatable bonds is 2. The van der Waals surface area contributed by atoms with Gasteiger partial charge in [0.1, 0.15) is 0 Å². The average molecular weight is 262 g/mol. The molecule has 0 atom stereocenters. The van der Waals surface area contributed by atoms with Crippen LogP contribution in [0.4, 0.5) is 0 Å². The fraction of sp³-hybridized carbons (Fsp3) is 0.300. The molecule has 0 saturated heterocycles. The van der Waals surface area contributed by atoms with Gasteiger partial charge in [0.15, 0.2) is 0 Å². The summed E-state index contributed by atoms with van der Waals surface area (Å²) < 4.78 is 0. The predicted molar refractivity (Wildman–Crippen MR) is 88.1 cm³/mol. The molecule has 0 nitrogen and oxygen atoms in total. The minimum atomic E-state index is 1.13. The summed E-state index contributed by atoms with van der Waals surface area (Å²) in [6, 6.07) is 11.4. The molecule has 20 heavy (non-hydrogen) atoms. The SMILES string of the molecule is CCC1=Cc2c(cccc2-c2cc(C)c(C)c(C)c2)C1. The van der Waals surface area contributed by atoms with Crippen molar-refractivity contribution >= 4 is 6.08 Å². The minimum absolute atomic E-state index is 1.13. The number of hydrogen-bond donors (Lipinski definition) is 0. The van der Waals surface area contributed by atoms with Gasteiger partial charge in [-0.25, -0.2) is 0 Å². The largest absolute Gasteiger partial charge is 0.0655 e. The molecule has 0 unspecified atom stereocenters. The van der Waals surface area contributed by atoms with Crippen LogP contribution >= 0.6 is 0 Å². The zero-order chi connectivity index (χ0) is 14.3. The van der Waals surface area contributed by atoms with E-state index in [9.17, 15) is 0 Å². The van der Waals surface area contributed by atoms with Crippen LogP contribution < -0.4 is 0 Å². The zero-order valence-electron chi connectivity index (χ0n) is 12.9. The topological polar surface area (TPSA) is 0 Å². The van der Waals surface area contributed by atoms with Crippen molar-refractivity contribution in [2.45, 2.75) is 40.5 Å². The lowest BCUT2D eigenvalue weighted by Crippen LogP contribution is -1.91. The maximum atomic E-state index is 2.40. The van der Waals surface area contributed by atoms with Crippen molar-refractivity contribution in [3.8, 4) is 11.1 Å². The molecule has 0 bridgehead atoms. The molecule has 0 heteroatoms. The molecule has 3 rings (SSSR count). The van der Waals surface area contributed by atoms with Crippen LogP contribution in [0, 0.1) is 20.8 Å². The zero-order valence-corrected chi connectivity index (χ0v) is 12.9. The fourth-order valence-electron chi connectivity index (χ4n) is 3.11. The van der Waals surface area contributed by atoms with E-state index in [0.29, 0.717) is 0 Å². The summed E-state index contributed by atoms with van der Waals surface area (Å²) in [5, 5.41) is 0. The third kappa shape index (κ3) is 2.10. The number of allylic oxidation sites excluding steroid dienone is 1. The van der Waals surface area contributed by atoms with Gasteiger partial charge in [0.25, 0.3) is 0 Å². The van der Waals surface area contributed by atoms with Gasteiger partial charge in [-0.2, -0.15) is 0 Å². The Hall–Kier alpha value is -1.82. The highest BCUT2D eigenvalue weighted by atomic mass is 14.2. The first kappa shape index (κ1) is 13.2. The van der Waals surface area contributed by atoms with Crippen LogP contribution in [0.15, 0.2) is 35.9 Å². The van der Waals surface area contributed by atoms with Crippen molar-refractivity contribution in [2.24, 2.45) is 0 Å². The number of hydrogen-bond acceptors (Lipinski definition) is 0. The van der Waals surface area contributed by atoms with Crippen molar-refractivity contribution in [3.05, 3.63) is 63.7 Å². The van der Waals surface area contributed by atoms with E-state index >= 15 is 0 Å². The normalized spacial score (nSPS) is 13.3. The van der Waals surface area contributed by atoms with Crippen molar-refractivity contribution < 1.29 is 0 Å². The molecule has 0 aromatic heterocycles. The van der Waals surface area contributed by atoms with E-state index in [1.165, 1.54) is 38.9 Å². The van der Waals surface area contributed by atoms with Gasteiger partial charge in [0.05, 0.1) is 0 Å². The molecule has 1 aliphatic carbocycles. The van der Waals surface area contributed by atoms with Crippen LogP contribution in [0.1, 0.15) is 41.2 Å². The lowest BCUT2D eigenvalue weighted by atomic mass is 9.92. The van der Waals surface area contributed by atoms with Gasteiger partial charge in [-0.3, -0.25) is 0 Å². The van der Waals surface area contributed by atoms with E-state index in [1.807, 2.05) is 0 Å². The summed E-state index contributed by atoms with van der Waals surface area (Å²) in [7, 11) is 0. The van der Waals surface area contributed by atoms with Crippen LogP contribution in [0.5, 0.6) is 0 Å². The summed E-state index contributed by atoms with van der Waals surface area (Å²) in [5.41, 5.74) is 11.4. The molecule has 102 valence electrons. The lowest BCUT2D eigenvalue weighted by Gasteiger charge is -2.12. The second-order valence-electron chi connectivity index (χ2n) is 5.95. The summed E-state index contributed by atoms with van der Waals surface area (Å²) in [5.74, 6) is 0. The maximum Gasteiger partial charge on any atom is -0.00577 e. The van der Waals surface area contributed by atoms with Gasteiger partial charge in [-0.1, -0.05) is 48.9 Å². The Kier molecular flexibility index (Phi) is 3.25. The monoisotopic (exact) mass is 262 g/mol. The quantitative estimate of drug-likeness (QED) is 0.658. The molecule has 2 aromatic carbocycles. The number of benzene rings is 2. The van der Waals surface area contributed by atoms with Crippen molar-refractivity contribution in [1.29, 1.82) is 0 Å². The van der Waals surface area contributed by atoms with Crippen LogP contribution in [0.3, 0.4) is 0 Å². The summed E-state index contributed by atoms with van der Waals surface area (Å²) >= 11 is 0. The second-order valence-corrected chi connectivity index (χ2v) is 5.95. The summed E-state index contributed by atoms with van der Waals surface area (Å²) in [6.07, 6.45) is 4.68. The molecule has 0 amide bonds. The number of aryl methyl sites for hydroxylation is 2. The van der Waals surface area contributed by atoms with Gasteiger partial charge in [-0.05, 0) is 72.6 Å². The van der Waals surface area contributed by atoms with Crippen molar-refractivity contribution in [1.82, 2.24) is 0 Å². The predicted octanol–water partition coefficient (Wildman–Crippen LogP) is 5.63. The smallest absolute Gasteiger partial charge is 0.00577 e. The molecule has 0 radical (unpaired) electrons. The highest BCUT2D eigenvalue weighted by molar-refractivity contribution is 5.81. The van der Waals surface area contributed by atoms with E-state index < -0.39 is 0 Å². The van der Waals surface area contributed by atoms with Crippen molar-refractivity contribution in [2.75, 3.05) is 0 Å². The second kappa shape index (κ2) is 4.94. The van der Waals surface area contributed by atoms with E-state index in [2.05, 4.69) is 64.1 Å². The van der Waals surface area contributed by atoms with Crippen LogP contribution in [0.2, 0.25) is 0 Å². The highest BCUT2D eigenvalue weighted by Crippen LogP contribution is 2.36. The molecule has 0 spiro atoms. The Bertz CT molecular complexity index is 679. The Morgan fingerprint density at radius 2 is 1.70 bits per heavy atom. The van der Waals surface area contributed by atoms with Gasteiger partial charge >= 0.3 is 0 Å². The van der Waals surface area contributed by atoms with Crippen molar-refractivity contribution in [3.63, 3.8) is 0 Å². The first-order valence-corrected chi connectivity index (χ1v) is 7.49. The summed E-state index contributed by atoms with van der Waals surface area (Å²) in [4.78, 5) is 0. The van der Waals surface area contributed by atoms with E-state index in [1.54, 1.807) is 5.57 Å². The third-order valence-electron chi connectivity index (χ3n) is 4.65. The molecule has 0 heterocycles. The first-order valence-electron chi connectivity index (χ1n) is 7.49. The Labute approximate surface area is 122 Å². The molecular formula is C20H22. The van der Waals surface area contributed by atoms with Gasteiger partial charge in [0, 0.05) is 0 Å².